The molecule has 0 aromatic rings. The van der Waals surface area contributed by atoms with Crippen molar-refractivity contribution >= 4 is 0 Å². The zero-order chi connectivity index (χ0) is 8.53. The van der Waals surface area contributed by atoms with Crippen LogP contribution >= 0.6 is 0 Å². The van der Waals surface area contributed by atoms with Gasteiger partial charge in [-0.2, -0.15) is 0 Å². The maximum Gasteiger partial charge on any atom is 0.0385 e. The maximum atomic E-state index is 8.02. The summed E-state index contributed by atoms with van der Waals surface area (Å²) in [5, 5.41) is 3.48. The van der Waals surface area contributed by atoms with Crippen molar-refractivity contribution in [2.45, 2.75) is 20.3 Å². The molecule has 0 aliphatic heterocycles. The van der Waals surface area contributed by atoms with E-state index in [0.29, 0.717) is 6.54 Å². The summed E-state index contributed by atoms with van der Waals surface area (Å²) < 4.78 is 0. The van der Waals surface area contributed by atoms with Crippen molar-refractivity contribution in [3.05, 3.63) is 10.4 Å². The van der Waals surface area contributed by atoms with Crippen LogP contribution in [-0.2, 0) is 0 Å². The lowest BCUT2D eigenvalue weighted by molar-refractivity contribution is 0.297. The average molecular weight is 156 g/mol. The fraction of sp³-hybridized carbons (Fsp3) is 1.00. The number of hydrogen-bond donors (Lipinski definition) is 0. The largest absolute Gasteiger partial charge is 0.303 e. The second-order valence-corrected chi connectivity index (χ2v) is 2.39. The van der Waals surface area contributed by atoms with E-state index in [1.54, 1.807) is 0 Å². The fourth-order valence-electron chi connectivity index (χ4n) is 0.975. The normalized spacial score (nSPS) is 9.73. The van der Waals surface area contributed by atoms with Gasteiger partial charge >= 0.3 is 0 Å². The summed E-state index contributed by atoms with van der Waals surface area (Å²) >= 11 is 0. The smallest absolute Gasteiger partial charge is 0.0385 e. The topological polar surface area (TPSA) is 52.0 Å². The molecule has 0 bridgehead atoms. The van der Waals surface area contributed by atoms with Crippen LogP contribution in [0, 0.1) is 0 Å². The Bertz CT molecular complexity index is 128. The Morgan fingerprint density at radius 3 is 2.55 bits per heavy atom. The van der Waals surface area contributed by atoms with Crippen LogP contribution in [0.3, 0.4) is 0 Å². The quantitative estimate of drug-likeness (QED) is 0.330. The molecule has 0 aliphatic carbocycles. The summed E-state index contributed by atoms with van der Waals surface area (Å²) in [5.41, 5.74) is 8.02. The van der Waals surface area contributed by atoms with E-state index in [4.69, 9.17) is 5.53 Å². The molecule has 0 spiro atoms. The summed E-state index contributed by atoms with van der Waals surface area (Å²) in [4.78, 5) is 4.97. The van der Waals surface area contributed by atoms with Gasteiger partial charge in [0.25, 0.3) is 0 Å². The highest BCUT2D eigenvalue weighted by atomic mass is 15.2. The van der Waals surface area contributed by atoms with Gasteiger partial charge in [0.15, 0.2) is 0 Å². The van der Waals surface area contributed by atoms with Crippen LogP contribution in [-0.4, -0.2) is 31.1 Å². The lowest BCUT2D eigenvalue weighted by Gasteiger charge is -2.17. The van der Waals surface area contributed by atoms with E-state index < -0.39 is 0 Å². The van der Waals surface area contributed by atoms with E-state index in [9.17, 15) is 0 Å². The standard InChI is InChI=1S/C7H16N4/c1-3-6-11(4-2)7-5-9-10-8/h3-7H2,1-2H3. The van der Waals surface area contributed by atoms with Crippen molar-refractivity contribution in [3.63, 3.8) is 0 Å². The SMILES string of the molecule is CCCN(CC)CCN=[N+]=[N-]. The summed E-state index contributed by atoms with van der Waals surface area (Å²) in [6.07, 6.45) is 1.16. The Labute approximate surface area is 67.8 Å². The van der Waals surface area contributed by atoms with Gasteiger partial charge in [0.05, 0.1) is 0 Å². The summed E-state index contributed by atoms with van der Waals surface area (Å²) in [6, 6.07) is 0. The molecular weight excluding hydrogens is 140 g/mol. The van der Waals surface area contributed by atoms with Crippen LogP contribution in [0.1, 0.15) is 20.3 Å². The second kappa shape index (κ2) is 7.38. The summed E-state index contributed by atoms with van der Waals surface area (Å²) in [6.45, 7) is 7.87. The van der Waals surface area contributed by atoms with E-state index >= 15 is 0 Å². The van der Waals surface area contributed by atoms with Crippen molar-refractivity contribution in [2.75, 3.05) is 26.2 Å². The minimum absolute atomic E-state index is 0.588. The molecular formula is C7H16N4. The molecule has 0 aromatic carbocycles. The van der Waals surface area contributed by atoms with Gasteiger partial charge in [0.2, 0.25) is 0 Å². The molecule has 0 saturated heterocycles. The van der Waals surface area contributed by atoms with Crippen molar-refractivity contribution in [1.82, 2.24) is 4.90 Å². The van der Waals surface area contributed by atoms with E-state index in [1.165, 1.54) is 0 Å². The number of azide groups is 1. The predicted molar refractivity (Wildman–Crippen MR) is 46.4 cm³/mol. The Balaban J connectivity index is 3.42. The molecule has 0 atom stereocenters. The van der Waals surface area contributed by atoms with Crippen LogP contribution in [0.15, 0.2) is 5.11 Å². The van der Waals surface area contributed by atoms with Crippen LogP contribution in [0.5, 0.6) is 0 Å². The minimum atomic E-state index is 0.588. The minimum Gasteiger partial charge on any atom is -0.303 e. The number of nitrogens with zero attached hydrogens (tertiary/aromatic N) is 4. The first kappa shape index (κ1) is 10.3. The molecule has 0 saturated carbocycles. The average Bonchev–Trinajstić information content (AvgIpc) is 2.03. The van der Waals surface area contributed by atoms with E-state index in [1.807, 2.05) is 0 Å². The van der Waals surface area contributed by atoms with Crippen LogP contribution in [0.25, 0.3) is 10.4 Å². The highest BCUT2D eigenvalue weighted by molar-refractivity contribution is 4.56. The summed E-state index contributed by atoms with van der Waals surface area (Å²) in [5.74, 6) is 0. The highest BCUT2D eigenvalue weighted by Gasteiger charge is 1.97. The lowest BCUT2D eigenvalue weighted by Crippen LogP contribution is -2.26. The molecule has 0 aliphatic rings. The molecule has 0 amide bonds. The Morgan fingerprint density at radius 2 is 2.09 bits per heavy atom. The molecule has 0 N–H and O–H groups in total. The predicted octanol–water partition coefficient (Wildman–Crippen LogP) is 2.03. The Morgan fingerprint density at radius 1 is 1.36 bits per heavy atom. The van der Waals surface area contributed by atoms with E-state index in [0.717, 1.165) is 26.1 Å². The van der Waals surface area contributed by atoms with Gasteiger partial charge < -0.3 is 4.90 Å². The van der Waals surface area contributed by atoms with Crippen molar-refractivity contribution in [3.8, 4) is 0 Å². The first-order valence-corrected chi connectivity index (χ1v) is 4.08. The van der Waals surface area contributed by atoms with Crippen LogP contribution < -0.4 is 0 Å². The molecule has 4 heteroatoms. The zero-order valence-corrected chi connectivity index (χ0v) is 7.32. The molecule has 0 heterocycles. The highest BCUT2D eigenvalue weighted by Crippen LogP contribution is 1.90. The number of likely N-dealkylation sites (N-methyl/N-ethyl adjacent to an activating group) is 1. The van der Waals surface area contributed by atoms with Gasteiger partial charge in [-0.3, -0.25) is 0 Å². The lowest BCUT2D eigenvalue weighted by atomic mass is 10.4. The monoisotopic (exact) mass is 156 g/mol. The van der Waals surface area contributed by atoms with Crippen LogP contribution in [0.4, 0.5) is 0 Å². The molecule has 0 unspecified atom stereocenters. The molecule has 0 fully saturated rings. The van der Waals surface area contributed by atoms with Gasteiger partial charge in [-0.15, -0.1) is 0 Å². The van der Waals surface area contributed by atoms with Crippen molar-refractivity contribution < 1.29 is 0 Å². The number of rotatable bonds is 6. The molecule has 11 heavy (non-hydrogen) atoms. The van der Waals surface area contributed by atoms with Gasteiger partial charge in [-0.05, 0) is 25.0 Å². The first-order chi connectivity index (χ1) is 5.35. The third-order valence-electron chi connectivity index (χ3n) is 1.57. The van der Waals surface area contributed by atoms with Crippen molar-refractivity contribution in [1.29, 1.82) is 0 Å². The molecule has 0 radical (unpaired) electrons. The Hall–Kier alpha value is -0.730. The van der Waals surface area contributed by atoms with Gasteiger partial charge in [0.1, 0.15) is 0 Å². The molecule has 64 valence electrons. The van der Waals surface area contributed by atoms with Gasteiger partial charge in [-0.25, -0.2) is 0 Å². The maximum absolute atomic E-state index is 8.02. The van der Waals surface area contributed by atoms with E-state index in [-0.39, 0.29) is 0 Å². The summed E-state index contributed by atoms with van der Waals surface area (Å²) in [7, 11) is 0. The van der Waals surface area contributed by atoms with Crippen LogP contribution in [0.2, 0.25) is 0 Å². The number of hydrogen-bond acceptors (Lipinski definition) is 2. The molecule has 0 aromatic heterocycles. The zero-order valence-electron chi connectivity index (χ0n) is 7.32. The third-order valence-corrected chi connectivity index (χ3v) is 1.57. The van der Waals surface area contributed by atoms with E-state index in [2.05, 4.69) is 28.8 Å². The molecule has 4 nitrogen and oxygen atoms in total. The Kier molecular flexibility index (Phi) is 6.89. The molecule has 0 rings (SSSR count). The van der Waals surface area contributed by atoms with Gasteiger partial charge in [0, 0.05) is 18.0 Å². The fourth-order valence-corrected chi connectivity index (χ4v) is 0.975. The second-order valence-electron chi connectivity index (χ2n) is 2.39. The third kappa shape index (κ3) is 5.70. The van der Waals surface area contributed by atoms with Crippen molar-refractivity contribution in [2.24, 2.45) is 5.11 Å². The first-order valence-electron chi connectivity index (χ1n) is 4.08. The van der Waals surface area contributed by atoms with Gasteiger partial charge in [-0.1, -0.05) is 19.0 Å².